The van der Waals surface area contributed by atoms with Gasteiger partial charge in [0.25, 0.3) is 0 Å². The van der Waals surface area contributed by atoms with Crippen molar-refractivity contribution in [3.63, 3.8) is 0 Å². The summed E-state index contributed by atoms with van der Waals surface area (Å²) in [6.07, 6.45) is 15.8. The Morgan fingerprint density at radius 1 is 0.722 bits per heavy atom. The van der Waals surface area contributed by atoms with Gasteiger partial charge in [0.1, 0.15) is 0 Å². The van der Waals surface area contributed by atoms with E-state index in [4.69, 9.17) is 5.11 Å². The van der Waals surface area contributed by atoms with Crippen molar-refractivity contribution < 1.29 is 36.1 Å². The summed E-state index contributed by atoms with van der Waals surface area (Å²) in [5.41, 5.74) is 0. The fourth-order valence-electron chi connectivity index (χ4n) is 2.12. The maximum atomic E-state index is 10.3. The van der Waals surface area contributed by atoms with E-state index in [1.165, 1.54) is 64.2 Å². The van der Waals surface area contributed by atoms with Crippen molar-refractivity contribution in [1.29, 1.82) is 0 Å². The van der Waals surface area contributed by atoms with E-state index in [9.17, 15) is 4.79 Å². The van der Waals surface area contributed by atoms with Crippen LogP contribution in [0.25, 0.3) is 0 Å². The van der Waals surface area contributed by atoms with E-state index in [0.717, 1.165) is 12.8 Å². The van der Waals surface area contributed by atoms with Gasteiger partial charge >= 0.3 is 5.97 Å². The second kappa shape index (κ2) is 17.4. The summed E-state index contributed by atoms with van der Waals surface area (Å²) in [7, 11) is 0. The summed E-state index contributed by atoms with van der Waals surface area (Å²) in [6.45, 7) is 2.25. The number of hydrogen-bond donors (Lipinski definition) is 1. The molecular weight excluding hydrogens is 303 g/mol. The number of aliphatic carboxylic acids is 1. The van der Waals surface area contributed by atoms with Crippen molar-refractivity contribution in [1.82, 2.24) is 0 Å². The Bertz CT molecular complexity index is 172. The average Bonchev–Trinajstić information content (AvgIpc) is 2.30. The van der Waals surface area contributed by atoms with Crippen molar-refractivity contribution in [2.24, 2.45) is 0 Å². The van der Waals surface area contributed by atoms with Gasteiger partial charge < -0.3 is 5.11 Å². The van der Waals surface area contributed by atoms with Crippen LogP contribution in [0.15, 0.2) is 0 Å². The summed E-state index contributed by atoms with van der Waals surface area (Å²) >= 11 is 0. The minimum Gasteiger partial charge on any atom is -0.481 e. The molecule has 0 rings (SSSR count). The molecule has 0 aromatic carbocycles. The molecular formula is C15H30O2Zr. The monoisotopic (exact) mass is 332 g/mol. The third-order valence-electron chi connectivity index (χ3n) is 3.24. The zero-order chi connectivity index (χ0) is 12.8. The van der Waals surface area contributed by atoms with Crippen molar-refractivity contribution in [3.8, 4) is 0 Å². The van der Waals surface area contributed by atoms with Gasteiger partial charge in [-0.2, -0.15) is 0 Å². The van der Waals surface area contributed by atoms with Crippen LogP contribution in [0.5, 0.6) is 0 Å². The normalized spacial score (nSPS) is 10.1. The molecule has 0 amide bonds. The topological polar surface area (TPSA) is 37.3 Å². The zero-order valence-corrected chi connectivity index (χ0v) is 14.5. The fraction of sp³-hybridized carbons (Fsp3) is 0.933. The van der Waals surface area contributed by atoms with Crippen molar-refractivity contribution in [2.45, 2.75) is 90.4 Å². The molecule has 106 valence electrons. The molecule has 0 aromatic heterocycles. The van der Waals surface area contributed by atoms with E-state index in [-0.39, 0.29) is 26.2 Å². The Morgan fingerprint density at radius 2 is 1.06 bits per heavy atom. The van der Waals surface area contributed by atoms with Crippen LogP contribution in [0.2, 0.25) is 0 Å². The van der Waals surface area contributed by atoms with Crippen LogP contribution in [0.1, 0.15) is 90.4 Å². The van der Waals surface area contributed by atoms with Gasteiger partial charge in [0, 0.05) is 32.6 Å². The number of carboxylic acids is 1. The summed E-state index contributed by atoms with van der Waals surface area (Å²) in [5, 5.41) is 8.47. The Kier molecular flexibility index (Phi) is 19.9. The van der Waals surface area contributed by atoms with E-state index in [0.29, 0.717) is 6.42 Å². The standard InChI is InChI=1S/C15H30O2.Zr/c1-2-3-4-5-6-7-8-9-10-11-12-13-14-15(16)17;/h2-14H2,1H3,(H,16,17);. The molecule has 0 aromatic rings. The van der Waals surface area contributed by atoms with Gasteiger partial charge in [0.2, 0.25) is 0 Å². The third-order valence-corrected chi connectivity index (χ3v) is 3.24. The van der Waals surface area contributed by atoms with Crippen molar-refractivity contribution in [2.75, 3.05) is 0 Å². The van der Waals surface area contributed by atoms with Crippen molar-refractivity contribution >= 4 is 5.97 Å². The van der Waals surface area contributed by atoms with Crippen LogP contribution < -0.4 is 0 Å². The Morgan fingerprint density at radius 3 is 1.39 bits per heavy atom. The molecule has 0 aliphatic rings. The van der Waals surface area contributed by atoms with Gasteiger partial charge in [-0.1, -0.05) is 77.6 Å². The van der Waals surface area contributed by atoms with Crippen LogP contribution in [0.4, 0.5) is 0 Å². The minimum absolute atomic E-state index is 0. The van der Waals surface area contributed by atoms with Gasteiger partial charge in [-0.15, -0.1) is 0 Å². The maximum absolute atomic E-state index is 10.3. The predicted octanol–water partition coefficient (Wildman–Crippen LogP) is 5.16. The first-order valence-corrected chi connectivity index (χ1v) is 7.49. The number of carboxylic acid groups (broad SMARTS) is 1. The van der Waals surface area contributed by atoms with E-state index < -0.39 is 5.97 Å². The molecule has 0 aliphatic carbocycles. The molecule has 0 saturated heterocycles. The average molecular weight is 334 g/mol. The molecule has 0 spiro atoms. The minimum atomic E-state index is -0.655. The number of rotatable bonds is 13. The van der Waals surface area contributed by atoms with Gasteiger partial charge in [-0.25, -0.2) is 0 Å². The summed E-state index contributed by atoms with van der Waals surface area (Å²) < 4.78 is 0. The summed E-state index contributed by atoms with van der Waals surface area (Å²) in [4.78, 5) is 10.3. The maximum Gasteiger partial charge on any atom is 0.303 e. The first-order valence-electron chi connectivity index (χ1n) is 7.49. The molecule has 0 saturated carbocycles. The molecule has 0 unspecified atom stereocenters. The fourth-order valence-corrected chi connectivity index (χ4v) is 2.12. The van der Waals surface area contributed by atoms with Gasteiger partial charge in [-0.3, -0.25) is 4.79 Å². The van der Waals surface area contributed by atoms with Crippen LogP contribution in [-0.4, -0.2) is 11.1 Å². The summed E-state index contributed by atoms with van der Waals surface area (Å²) in [5.74, 6) is -0.655. The Hall–Kier alpha value is 0.353. The molecule has 3 heteroatoms. The van der Waals surface area contributed by atoms with E-state index in [2.05, 4.69) is 6.92 Å². The zero-order valence-electron chi connectivity index (χ0n) is 12.0. The second-order valence-electron chi connectivity index (χ2n) is 5.03. The largest absolute Gasteiger partial charge is 0.481 e. The first kappa shape index (κ1) is 20.7. The Balaban J connectivity index is 0. The molecule has 0 atom stereocenters. The Labute approximate surface area is 132 Å². The number of hydrogen-bond acceptors (Lipinski definition) is 1. The van der Waals surface area contributed by atoms with Crippen LogP contribution in [0, 0.1) is 0 Å². The van der Waals surface area contributed by atoms with E-state index in [1.54, 1.807) is 0 Å². The van der Waals surface area contributed by atoms with E-state index >= 15 is 0 Å². The predicted molar refractivity (Wildman–Crippen MR) is 73.3 cm³/mol. The number of carbonyl (C=O) groups is 1. The molecule has 1 N–H and O–H groups in total. The molecule has 18 heavy (non-hydrogen) atoms. The smallest absolute Gasteiger partial charge is 0.303 e. The van der Waals surface area contributed by atoms with Gasteiger partial charge in [0.05, 0.1) is 0 Å². The molecule has 0 radical (unpaired) electrons. The van der Waals surface area contributed by atoms with Crippen LogP contribution in [-0.2, 0) is 31.0 Å². The van der Waals surface area contributed by atoms with E-state index in [1.807, 2.05) is 0 Å². The van der Waals surface area contributed by atoms with Gasteiger partial charge in [0.15, 0.2) is 0 Å². The summed E-state index contributed by atoms with van der Waals surface area (Å²) in [6, 6.07) is 0. The second-order valence-corrected chi connectivity index (χ2v) is 5.03. The molecule has 0 fully saturated rings. The first-order chi connectivity index (χ1) is 8.27. The number of unbranched alkanes of at least 4 members (excludes halogenated alkanes) is 11. The SMILES string of the molecule is CCCCCCCCCCCCCCC(=O)O.[Zr]. The van der Waals surface area contributed by atoms with Gasteiger partial charge in [-0.05, 0) is 6.42 Å². The molecule has 0 heterocycles. The quantitative estimate of drug-likeness (QED) is 0.473. The molecule has 0 bridgehead atoms. The molecule has 2 nitrogen and oxygen atoms in total. The van der Waals surface area contributed by atoms with Crippen LogP contribution >= 0.6 is 0 Å². The van der Waals surface area contributed by atoms with Crippen LogP contribution in [0.3, 0.4) is 0 Å². The van der Waals surface area contributed by atoms with Crippen molar-refractivity contribution in [3.05, 3.63) is 0 Å². The molecule has 0 aliphatic heterocycles. The third kappa shape index (κ3) is 18.7.